The summed E-state index contributed by atoms with van der Waals surface area (Å²) in [6, 6.07) is 11.7. The Hall–Kier alpha value is -2.73. The van der Waals surface area contributed by atoms with Crippen molar-refractivity contribution in [1.29, 1.82) is 0 Å². The second-order valence-electron chi connectivity index (χ2n) is 4.50. The molecule has 6 heteroatoms. The molecule has 0 saturated heterocycles. The van der Waals surface area contributed by atoms with Crippen molar-refractivity contribution in [1.82, 2.24) is 19.5 Å². The average Bonchev–Trinajstić information content (AvgIpc) is 2.93. The van der Waals surface area contributed by atoms with Gasteiger partial charge in [0.1, 0.15) is 18.2 Å². The van der Waals surface area contributed by atoms with Crippen molar-refractivity contribution in [3.8, 4) is 22.8 Å². The predicted molar refractivity (Wildman–Crippen MR) is 80.1 cm³/mol. The molecule has 0 radical (unpaired) electrons. The Kier molecular flexibility index (Phi) is 3.61. The van der Waals surface area contributed by atoms with Gasteiger partial charge in [0.2, 0.25) is 5.95 Å². The van der Waals surface area contributed by atoms with Crippen molar-refractivity contribution in [3.05, 3.63) is 48.8 Å². The lowest BCUT2D eigenvalue weighted by atomic mass is 10.2. The maximum atomic E-state index is 5.63. The monoisotopic (exact) mass is 281 g/mol. The lowest BCUT2D eigenvalue weighted by Gasteiger charge is -2.05. The van der Waals surface area contributed by atoms with Crippen LogP contribution in [0, 0.1) is 0 Å². The van der Waals surface area contributed by atoms with Crippen LogP contribution in [-0.4, -0.2) is 26.6 Å². The number of benzene rings is 1. The third-order valence-electron chi connectivity index (χ3n) is 3.01. The summed E-state index contributed by atoms with van der Waals surface area (Å²) in [6.45, 7) is 0.414. The highest BCUT2D eigenvalue weighted by Crippen LogP contribution is 2.23. The van der Waals surface area contributed by atoms with Gasteiger partial charge in [-0.1, -0.05) is 30.3 Å². The van der Waals surface area contributed by atoms with Gasteiger partial charge >= 0.3 is 0 Å². The first-order valence-corrected chi connectivity index (χ1v) is 6.48. The van der Waals surface area contributed by atoms with Gasteiger partial charge < -0.3 is 15.0 Å². The van der Waals surface area contributed by atoms with E-state index in [1.165, 1.54) is 0 Å². The SMILES string of the molecule is COCn1cc(-c2ccnc(N)n2)nc1-c1ccccc1. The first-order chi connectivity index (χ1) is 10.3. The number of nitrogens with zero attached hydrogens (tertiary/aromatic N) is 4. The molecule has 0 bridgehead atoms. The number of anilines is 1. The van der Waals surface area contributed by atoms with Gasteiger partial charge in [0.15, 0.2) is 0 Å². The standard InChI is InChI=1S/C15H15N5O/c1-21-10-20-9-13(12-7-8-17-15(16)19-12)18-14(20)11-5-3-2-4-6-11/h2-9H,10H2,1H3,(H2,16,17,19). The molecule has 0 aliphatic carbocycles. The molecule has 0 aliphatic rings. The van der Waals surface area contributed by atoms with E-state index in [4.69, 9.17) is 10.5 Å². The Morgan fingerprint density at radius 1 is 1.10 bits per heavy atom. The fraction of sp³-hybridized carbons (Fsp3) is 0.133. The van der Waals surface area contributed by atoms with Crippen molar-refractivity contribution < 1.29 is 4.74 Å². The molecule has 106 valence electrons. The number of ether oxygens (including phenoxy) is 1. The molecule has 3 aromatic rings. The molecule has 0 aliphatic heterocycles. The van der Waals surface area contributed by atoms with E-state index in [0.717, 1.165) is 17.1 Å². The molecule has 3 rings (SSSR count). The topological polar surface area (TPSA) is 78.9 Å². The molecule has 2 aromatic heterocycles. The minimum Gasteiger partial charge on any atom is -0.368 e. The number of hydrogen-bond donors (Lipinski definition) is 1. The summed E-state index contributed by atoms with van der Waals surface area (Å²) in [5, 5.41) is 0. The minimum absolute atomic E-state index is 0.232. The molecular weight excluding hydrogens is 266 g/mol. The summed E-state index contributed by atoms with van der Waals surface area (Å²) in [5.74, 6) is 1.06. The third kappa shape index (κ3) is 2.75. The molecule has 0 saturated carbocycles. The van der Waals surface area contributed by atoms with Gasteiger partial charge in [-0.15, -0.1) is 0 Å². The first kappa shape index (κ1) is 13.3. The molecule has 1 aromatic carbocycles. The fourth-order valence-corrected chi connectivity index (χ4v) is 2.11. The lowest BCUT2D eigenvalue weighted by Crippen LogP contribution is -2.00. The molecule has 0 spiro atoms. The van der Waals surface area contributed by atoms with Crippen LogP contribution in [0.4, 0.5) is 5.95 Å². The number of aromatic nitrogens is 4. The molecule has 6 nitrogen and oxygen atoms in total. The maximum absolute atomic E-state index is 5.63. The Morgan fingerprint density at radius 3 is 2.62 bits per heavy atom. The van der Waals surface area contributed by atoms with Crippen LogP contribution in [-0.2, 0) is 11.5 Å². The van der Waals surface area contributed by atoms with E-state index in [9.17, 15) is 0 Å². The fourth-order valence-electron chi connectivity index (χ4n) is 2.11. The van der Waals surface area contributed by atoms with Crippen LogP contribution in [0.3, 0.4) is 0 Å². The zero-order valence-electron chi connectivity index (χ0n) is 11.6. The van der Waals surface area contributed by atoms with E-state index in [-0.39, 0.29) is 5.95 Å². The van der Waals surface area contributed by atoms with E-state index in [2.05, 4.69) is 15.0 Å². The van der Waals surface area contributed by atoms with Gasteiger partial charge in [0.25, 0.3) is 0 Å². The summed E-state index contributed by atoms with van der Waals surface area (Å²) < 4.78 is 7.16. The van der Waals surface area contributed by atoms with Crippen LogP contribution >= 0.6 is 0 Å². The second-order valence-corrected chi connectivity index (χ2v) is 4.50. The summed E-state index contributed by atoms with van der Waals surface area (Å²) in [6.07, 6.45) is 3.52. The van der Waals surface area contributed by atoms with Gasteiger partial charge in [0, 0.05) is 25.1 Å². The molecule has 0 atom stereocenters. The van der Waals surface area contributed by atoms with Crippen molar-refractivity contribution in [2.45, 2.75) is 6.73 Å². The van der Waals surface area contributed by atoms with Crippen molar-refractivity contribution in [2.24, 2.45) is 0 Å². The normalized spacial score (nSPS) is 10.7. The van der Waals surface area contributed by atoms with Gasteiger partial charge in [0.05, 0.1) is 5.69 Å². The minimum atomic E-state index is 0.232. The van der Waals surface area contributed by atoms with Crippen LogP contribution in [0.5, 0.6) is 0 Å². The summed E-state index contributed by atoms with van der Waals surface area (Å²) in [7, 11) is 1.65. The first-order valence-electron chi connectivity index (χ1n) is 6.48. The van der Waals surface area contributed by atoms with Crippen LogP contribution in [0.1, 0.15) is 0 Å². The molecule has 0 fully saturated rings. The number of methoxy groups -OCH3 is 1. The second kappa shape index (κ2) is 5.72. The van der Waals surface area contributed by atoms with Crippen molar-refractivity contribution in [3.63, 3.8) is 0 Å². The van der Waals surface area contributed by atoms with E-state index in [0.29, 0.717) is 12.4 Å². The van der Waals surface area contributed by atoms with Crippen molar-refractivity contribution >= 4 is 5.95 Å². The molecule has 0 unspecified atom stereocenters. The predicted octanol–water partition coefficient (Wildman–Crippen LogP) is 2.19. The number of hydrogen-bond acceptors (Lipinski definition) is 5. The number of nitrogen functional groups attached to an aromatic ring is 1. The van der Waals surface area contributed by atoms with Crippen LogP contribution in [0.25, 0.3) is 22.8 Å². The Morgan fingerprint density at radius 2 is 1.90 bits per heavy atom. The third-order valence-corrected chi connectivity index (χ3v) is 3.01. The highest BCUT2D eigenvalue weighted by atomic mass is 16.5. The summed E-state index contributed by atoms with van der Waals surface area (Å²) in [5.41, 5.74) is 8.07. The van der Waals surface area contributed by atoms with Crippen molar-refractivity contribution in [2.75, 3.05) is 12.8 Å². The molecule has 21 heavy (non-hydrogen) atoms. The average molecular weight is 281 g/mol. The quantitative estimate of drug-likeness (QED) is 0.793. The van der Waals surface area contributed by atoms with Gasteiger partial charge in [-0.05, 0) is 6.07 Å². The zero-order valence-corrected chi connectivity index (χ0v) is 11.6. The van der Waals surface area contributed by atoms with Gasteiger partial charge in [-0.2, -0.15) is 0 Å². The Bertz CT molecular complexity index is 739. The number of rotatable bonds is 4. The highest BCUT2D eigenvalue weighted by molar-refractivity contribution is 5.63. The summed E-state index contributed by atoms with van der Waals surface area (Å²) >= 11 is 0. The number of imidazole rings is 1. The number of nitrogens with two attached hydrogens (primary N) is 1. The highest BCUT2D eigenvalue weighted by Gasteiger charge is 2.12. The van der Waals surface area contributed by atoms with Crippen LogP contribution in [0.15, 0.2) is 48.8 Å². The summed E-state index contributed by atoms with van der Waals surface area (Å²) in [4.78, 5) is 12.7. The van der Waals surface area contributed by atoms with Gasteiger partial charge in [-0.3, -0.25) is 0 Å². The largest absolute Gasteiger partial charge is 0.368 e. The van der Waals surface area contributed by atoms with Crippen LogP contribution in [0.2, 0.25) is 0 Å². The molecule has 0 amide bonds. The molecule has 2 N–H and O–H groups in total. The smallest absolute Gasteiger partial charge is 0.220 e. The molecule has 2 heterocycles. The zero-order chi connectivity index (χ0) is 14.7. The Labute approximate surface area is 122 Å². The van der Waals surface area contributed by atoms with E-state index < -0.39 is 0 Å². The van der Waals surface area contributed by atoms with E-state index in [1.807, 2.05) is 41.1 Å². The maximum Gasteiger partial charge on any atom is 0.220 e. The van der Waals surface area contributed by atoms with E-state index >= 15 is 0 Å². The lowest BCUT2D eigenvalue weighted by molar-refractivity contribution is 0.132. The van der Waals surface area contributed by atoms with Gasteiger partial charge in [-0.25, -0.2) is 15.0 Å². The molecular formula is C15H15N5O. The Balaban J connectivity index is 2.08. The van der Waals surface area contributed by atoms with E-state index in [1.54, 1.807) is 19.4 Å². The van der Waals surface area contributed by atoms with Crippen LogP contribution < -0.4 is 5.73 Å².